The van der Waals surface area contributed by atoms with Crippen LogP contribution in [0.4, 0.5) is 23.7 Å². The van der Waals surface area contributed by atoms with Gasteiger partial charge >= 0.3 is 12.2 Å². The standard InChI is InChI=1S/C29H31F3N6O4/c1-16(2)23(34-24(39)21-14-19(29(30,31)32)6-5-17(21)3)25(40)37-11-9-28(10-12-37)26(41)36(4)27(42)38(28)20-7-8-22-18(13-20)15-33-35-22/h5-8,13-16,23H,9-12H2,1-4H3,(H,33,35)(H,34,39)/t23-/m1/s1. The van der Waals surface area contributed by atoms with E-state index in [9.17, 15) is 32.3 Å². The molecule has 13 heteroatoms. The molecular weight excluding hydrogens is 553 g/mol. The number of hydrogen-bond donors (Lipinski definition) is 2. The summed E-state index contributed by atoms with van der Waals surface area (Å²) >= 11 is 0. The summed E-state index contributed by atoms with van der Waals surface area (Å²) < 4.78 is 39.8. The zero-order valence-corrected chi connectivity index (χ0v) is 23.6. The van der Waals surface area contributed by atoms with Gasteiger partial charge in [0.25, 0.3) is 11.8 Å². The molecule has 2 aliphatic rings. The molecular formula is C29H31F3N6O4. The van der Waals surface area contributed by atoms with Gasteiger partial charge in [0.05, 0.1) is 17.3 Å². The average Bonchev–Trinajstić information content (AvgIpc) is 3.48. The lowest BCUT2D eigenvalue weighted by molar-refractivity contribution is -0.139. The molecule has 222 valence electrons. The Hall–Kier alpha value is -4.42. The van der Waals surface area contributed by atoms with Crippen LogP contribution in [0.1, 0.15) is 48.2 Å². The molecule has 10 nitrogen and oxygen atoms in total. The zero-order valence-electron chi connectivity index (χ0n) is 23.6. The number of benzene rings is 2. The predicted molar refractivity (Wildman–Crippen MR) is 148 cm³/mol. The van der Waals surface area contributed by atoms with Gasteiger partial charge in [-0.1, -0.05) is 19.9 Å². The number of aromatic amines is 1. The molecule has 0 saturated carbocycles. The van der Waals surface area contributed by atoms with E-state index in [1.807, 2.05) is 0 Å². The van der Waals surface area contributed by atoms with E-state index in [2.05, 4.69) is 15.5 Å². The first-order chi connectivity index (χ1) is 19.7. The average molecular weight is 585 g/mol. The highest BCUT2D eigenvalue weighted by molar-refractivity contribution is 6.17. The molecule has 1 aromatic heterocycles. The number of rotatable bonds is 5. The fraction of sp³-hybridized carbons (Fsp3) is 0.414. The van der Waals surface area contributed by atoms with Crippen LogP contribution in [0.5, 0.6) is 0 Å². The number of fused-ring (bicyclic) bond motifs is 1. The first kappa shape index (κ1) is 29.1. The number of likely N-dealkylation sites (N-methyl/N-ethyl adjacent to an activating group) is 1. The topological polar surface area (TPSA) is 119 Å². The number of anilines is 1. The van der Waals surface area contributed by atoms with Gasteiger partial charge in [-0.15, -0.1) is 0 Å². The van der Waals surface area contributed by atoms with Gasteiger partial charge in [0.1, 0.15) is 11.6 Å². The number of carbonyl (C=O) groups excluding carboxylic acids is 4. The second kappa shape index (κ2) is 10.4. The summed E-state index contributed by atoms with van der Waals surface area (Å²) in [6, 6.07) is 6.74. The molecule has 2 fully saturated rings. The lowest BCUT2D eigenvalue weighted by atomic mass is 9.85. The monoisotopic (exact) mass is 584 g/mol. The van der Waals surface area contributed by atoms with Crippen LogP contribution < -0.4 is 10.2 Å². The van der Waals surface area contributed by atoms with Gasteiger partial charge in [-0.05, 0) is 61.6 Å². The molecule has 1 atom stereocenters. The van der Waals surface area contributed by atoms with E-state index >= 15 is 0 Å². The largest absolute Gasteiger partial charge is 0.416 e. The summed E-state index contributed by atoms with van der Waals surface area (Å²) in [6.07, 6.45) is -2.66. The quantitative estimate of drug-likeness (QED) is 0.438. The lowest BCUT2D eigenvalue weighted by Gasteiger charge is -2.43. The van der Waals surface area contributed by atoms with Crippen molar-refractivity contribution >= 4 is 40.3 Å². The molecule has 2 aliphatic heterocycles. The number of nitrogens with zero attached hydrogens (tertiary/aromatic N) is 4. The van der Waals surface area contributed by atoms with Crippen molar-refractivity contribution in [3.8, 4) is 0 Å². The van der Waals surface area contributed by atoms with Gasteiger partial charge in [0.2, 0.25) is 5.91 Å². The van der Waals surface area contributed by atoms with Crippen LogP contribution in [-0.4, -0.2) is 75.5 Å². The number of nitrogens with one attached hydrogen (secondary N) is 2. The van der Waals surface area contributed by atoms with Crippen molar-refractivity contribution < 1.29 is 32.3 Å². The Balaban J connectivity index is 1.35. The van der Waals surface area contributed by atoms with Crippen molar-refractivity contribution in [3.05, 3.63) is 59.3 Å². The van der Waals surface area contributed by atoms with Gasteiger partial charge < -0.3 is 10.2 Å². The number of halogens is 3. The smallest absolute Gasteiger partial charge is 0.341 e. The fourth-order valence-electron chi connectivity index (χ4n) is 5.76. The highest BCUT2D eigenvalue weighted by atomic mass is 19.4. The Morgan fingerprint density at radius 2 is 1.76 bits per heavy atom. The third kappa shape index (κ3) is 4.86. The normalized spacial score (nSPS) is 18.0. The minimum atomic E-state index is -4.62. The molecule has 3 aromatic rings. The molecule has 2 saturated heterocycles. The number of H-pyrrole nitrogens is 1. The van der Waals surface area contributed by atoms with E-state index in [-0.39, 0.29) is 43.3 Å². The van der Waals surface area contributed by atoms with E-state index in [4.69, 9.17) is 0 Å². The molecule has 2 aromatic carbocycles. The van der Waals surface area contributed by atoms with Crippen LogP contribution in [-0.2, 0) is 15.8 Å². The summed E-state index contributed by atoms with van der Waals surface area (Å²) in [6.45, 7) is 5.26. The molecule has 42 heavy (non-hydrogen) atoms. The zero-order chi connectivity index (χ0) is 30.6. The Labute approximate surface area is 239 Å². The maximum Gasteiger partial charge on any atom is 0.416 e. The molecule has 0 bridgehead atoms. The number of hydrogen-bond acceptors (Lipinski definition) is 5. The van der Waals surface area contributed by atoms with Crippen LogP contribution >= 0.6 is 0 Å². The van der Waals surface area contributed by atoms with Crippen molar-refractivity contribution in [3.63, 3.8) is 0 Å². The predicted octanol–water partition coefficient (Wildman–Crippen LogP) is 4.10. The van der Waals surface area contributed by atoms with Gasteiger partial charge in [-0.3, -0.25) is 29.3 Å². The van der Waals surface area contributed by atoms with Crippen molar-refractivity contribution in [2.75, 3.05) is 25.0 Å². The number of likely N-dealkylation sites (tertiary alicyclic amines) is 1. The highest BCUT2D eigenvalue weighted by Gasteiger charge is 2.58. The van der Waals surface area contributed by atoms with E-state index < -0.39 is 41.2 Å². The summed E-state index contributed by atoms with van der Waals surface area (Å²) in [7, 11) is 1.43. The van der Waals surface area contributed by atoms with E-state index in [0.717, 1.165) is 27.9 Å². The minimum absolute atomic E-state index is 0.137. The van der Waals surface area contributed by atoms with Crippen molar-refractivity contribution in [1.82, 2.24) is 25.3 Å². The van der Waals surface area contributed by atoms with Crippen LogP contribution in [0.3, 0.4) is 0 Å². The van der Waals surface area contributed by atoms with Gasteiger partial charge in [0.15, 0.2) is 0 Å². The lowest BCUT2D eigenvalue weighted by Crippen LogP contribution is -2.60. The van der Waals surface area contributed by atoms with Crippen LogP contribution in [0, 0.1) is 12.8 Å². The fourth-order valence-corrected chi connectivity index (χ4v) is 5.76. The molecule has 2 N–H and O–H groups in total. The molecule has 5 amide bonds. The molecule has 0 aliphatic carbocycles. The molecule has 1 spiro atoms. The van der Waals surface area contributed by atoms with Gasteiger partial charge in [0, 0.05) is 36.8 Å². The third-order valence-corrected chi connectivity index (χ3v) is 8.22. The highest BCUT2D eigenvalue weighted by Crippen LogP contribution is 2.41. The SMILES string of the molecule is Cc1ccc(C(F)(F)F)cc1C(=O)N[C@@H](C(=O)N1CCC2(CC1)C(=O)N(C)C(=O)N2c1ccc2[nH]ncc2c1)C(C)C. The molecule has 3 heterocycles. The third-order valence-electron chi connectivity index (χ3n) is 8.22. The van der Waals surface area contributed by atoms with Crippen molar-refractivity contribution in [1.29, 1.82) is 0 Å². The number of urea groups is 1. The molecule has 0 unspecified atom stereocenters. The first-order valence-electron chi connectivity index (χ1n) is 13.6. The number of aromatic nitrogens is 2. The Morgan fingerprint density at radius 1 is 1.07 bits per heavy atom. The van der Waals surface area contributed by atoms with Crippen LogP contribution in [0.2, 0.25) is 0 Å². The Kier molecular flexibility index (Phi) is 7.23. The summed E-state index contributed by atoms with van der Waals surface area (Å²) in [5.74, 6) is -1.92. The van der Waals surface area contributed by atoms with Crippen molar-refractivity contribution in [2.24, 2.45) is 5.92 Å². The Bertz CT molecular complexity index is 1570. The van der Waals surface area contributed by atoms with E-state index in [1.54, 1.807) is 38.2 Å². The summed E-state index contributed by atoms with van der Waals surface area (Å²) in [5, 5.41) is 10.3. The van der Waals surface area contributed by atoms with E-state index in [0.29, 0.717) is 11.3 Å². The number of carbonyl (C=O) groups is 4. The number of alkyl halides is 3. The van der Waals surface area contributed by atoms with E-state index in [1.165, 1.54) is 29.8 Å². The molecule has 5 rings (SSSR count). The second-order valence-electron chi connectivity index (χ2n) is 11.2. The summed E-state index contributed by atoms with van der Waals surface area (Å²) in [4.78, 5) is 57.5. The molecule has 0 radical (unpaired) electrons. The second-order valence-corrected chi connectivity index (χ2v) is 11.2. The number of amides is 5. The maximum atomic E-state index is 13.6. The van der Waals surface area contributed by atoms with Crippen molar-refractivity contribution in [2.45, 2.75) is 51.4 Å². The van der Waals surface area contributed by atoms with Crippen LogP contribution in [0.25, 0.3) is 10.9 Å². The number of imide groups is 1. The van der Waals surface area contributed by atoms with Crippen LogP contribution in [0.15, 0.2) is 42.6 Å². The minimum Gasteiger partial charge on any atom is -0.341 e. The summed E-state index contributed by atoms with van der Waals surface area (Å²) in [5.41, 5.74) is -0.644. The van der Waals surface area contributed by atoms with Gasteiger partial charge in [-0.25, -0.2) is 4.79 Å². The van der Waals surface area contributed by atoms with Gasteiger partial charge in [-0.2, -0.15) is 18.3 Å². The maximum absolute atomic E-state index is 13.6. The number of piperidine rings is 1. The first-order valence-corrected chi connectivity index (χ1v) is 13.6. The number of aryl methyl sites for hydroxylation is 1. The Morgan fingerprint density at radius 3 is 2.40 bits per heavy atom.